The van der Waals surface area contributed by atoms with Gasteiger partial charge in [0, 0.05) is 37.0 Å². The number of hydrogen-bond donors (Lipinski definition) is 2. The highest BCUT2D eigenvalue weighted by molar-refractivity contribution is 5.98. The maximum Gasteiger partial charge on any atom is 0.303 e. The summed E-state index contributed by atoms with van der Waals surface area (Å²) < 4.78 is 6.23. The molecule has 37 heavy (non-hydrogen) atoms. The molecule has 1 aliphatic heterocycles. The van der Waals surface area contributed by atoms with E-state index in [0.29, 0.717) is 37.9 Å². The highest BCUT2D eigenvalue weighted by atomic mass is 16.6. The average molecular weight is 499 g/mol. The van der Waals surface area contributed by atoms with Gasteiger partial charge in [0.1, 0.15) is 11.4 Å². The lowest BCUT2D eigenvalue weighted by atomic mass is 9.55. The third-order valence-corrected chi connectivity index (χ3v) is 8.17. The van der Waals surface area contributed by atoms with Crippen molar-refractivity contribution in [3.63, 3.8) is 0 Å². The second-order valence-electron chi connectivity index (χ2n) is 10.5. The fraction of sp³-hybridized carbons (Fsp3) is 0.355. The van der Waals surface area contributed by atoms with Gasteiger partial charge in [0.15, 0.2) is 0 Å². The second kappa shape index (κ2) is 10.0. The van der Waals surface area contributed by atoms with Gasteiger partial charge in [0.05, 0.1) is 0 Å². The Bertz CT molecular complexity index is 1340. The number of hydrogen-bond acceptors (Lipinski definition) is 5. The van der Waals surface area contributed by atoms with E-state index in [1.807, 2.05) is 60.7 Å². The van der Waals surface area contributed by atoms with Crippen LogP contribution in [0.5, 0.6) is 5.75 Å². The molecular formula is C31H34N2O4. The van der Waals surface area contributed by atoms with Crippen LogP contribution in [0.4, 0.5) is 0 Å². The molecule has 0 bridgehead atoms. The first-order chi connectivity index (χ1) is 17.8. The van der Waals surface area contributed by atoms with E-state index in [4.69, 9.17) is 4.74 Å². The van der Waals surface area contributed by atoms with E-state index >= 15 is 0 Å². The monoisotopic (exact) mass is 498 g/mol. The Morgan fingerprint density at radius 3 is 2.68 bits per heavy atom. The van der Waals surface area contributed by atoms with Gasteiger partial charge in [-0.25, -0.2) is 0 Å². The molecule has 3 atom stereocenters. The topological polar surface area (TPSA) is 78.9 Å². The molecule has 6 nitrogen and oxygen atoms in total. The molecule has 3 unspecified atom stereocenters. The van der Waals surface area contributed by atoms with Crippen molar-refractivity contribution < 1.29 is 19.4 Å². The summed E-state index contributed by atoms with van der Waals surface area (Å²) in [5.41, 5.74) is 0.256. The van der Waals surface area contributed by atoms with Crippen molar-refractivity contribution in [3.8, 4) is 5.75 Å². The van der Waals surface area contributed by atoms with Crippen LogP contribution in [0.25, 0.3) is 10.8 Å². The van der Waals surface area contributed by atoms with Gasteiger partial charge in [-0.1, -0.05) is 48.5 Å². The van der Waals surface area contributed by atoms with Crippen molar-refractivity contribution in [3.05, 3.63) is 90.5 Å². The second-order valence-corrected chi connectivity index (χ2v) is 10.5. The van der Waals surface area contributed by atoms with E-state index < -0.39 is 11.0 Å². The van der Waals surface area contributed by atoms with Gasteiger partial charge in [-0.05, 0) is 72.8 Å². The molecule has 2 fully saturated rings. The highest BCUT2D eigenvalue weighted by Crippen LogP contribution is 2.54. The molecule has 2 N–H and O–H groups in total. The number of benzene rings is 3. The zero-order chi connectivity index (χ0) is 26.0. The molecule has 3 aromatic rings. The van der Waals surface area contributed by atoms with Gasteiger partial charge in [0.2, 0.25) is 0 Å². The van der Waals surface area contributed by atoms with Crippen LogP contribution in [-0.2, 0) is 14.9 Å². The Morgan fingerprint density at radius 2 is 1.92 bits per heavy atom. The standard InChI is InChI=1S/C31H34N2O4/c1-3-16-33-17-15-30(26-9-6-10-28(35)19-26)20-27(13-14-31(30,21-33)37-22(2)34)32-29(36)25-12-11-23-7-4-5-8-24(23)18-25/h3-12,18-19,27,35H,1,13-17,20-21H2,2H3,(H,32,36). The number of fused-ring (bicyclic) bond motifs is 2. The summed E-state index contributed by atoms with van der Waals surface area (Å²) in [6.45, 7) is 7.45. The summed E-state index contributed by atoms with van der Waals surface area (Å²) in [5, 5.41) is 15.8. The molecular weight excluding hydrogens is 464 g/mol. The number of carbonyl (C=O) groups is 2. The minimum Gasteiger partial charge on any atom is -0.508 e. The number of nitrogens with one attached hydrogen (secondary N) is 1. The lowest BCUT2D eigenvalue weighted by Gasteiger charge is -2.59. The first-order valence-electron chi connectivity index (χ1n) is 13.0. The molecule has 6 heteroatoms. The minimum atomic E-state index is -0.766. The maximum atomic E-state index is 13.4. The zero-order valence-electron chi connectivity index (χ0n) is 21.3. The van der Waals surface area contributed by atoms with Crippen LogP contribution in [0.2, 0.25) is 0 Å². The summed E-state index contributed by atoms with van der Waals surface area (Å²) in [5.74, 6) is -0.242. The van der Waals surface area contributed by atoms with Crippen LogP contribution in [-0.4, -0.2) is 53.2 Å². The molecule has 3 aromatic carbocycles. The van der Waals surface area contributed by atoms with Crippen molar-refractivity contribution in [1.82, 2.24) is 10.2 Å². The summed E-state index contributed by atoms with van der Waals surface area (Å²) in [6, 6.07) is 20.9. The Balaban J connectivity index is 1.48. The summed E-state index contributed by atoms with van der Waals surface area (Å²) in [6.07, 6.45) is 4.52. The quantitative estimate of drug-likeness (QED) is 0.371. The van der Waals surface area contributed by atoms with Crippen molar-refractivity contribution >= 4 is 22.6 Å². The number of amides is 1. The first-order valence-corrected chi connectivity index (χ1v) is 13.0. The molecule has 5 rings (SSSR count). The Morgan fingerprint density at radius 1 is 1.11 bits per heavy atom. The fourth-order valence-corrected chi connectivity index (χ4v) is 6.55. The van der Waals surface area contributed by atoms with Gasteiger partial charge in [0.25, 0.3) is 5.91 Å². The van der Waals surface area contributed by atoms with E-state index in [2.05, 4.69) is 16.8 Å². The van der Waals surface area contributed by atoms with Crippen LogP contribution < -0.4 is 5.32 Å². The third-order valence-electron chi connectivity index (χ3n) is 8.17. The number of esters is 1. The third kappa shape index (κ3) is 4.74. The first kappa shape index (κ1) is 25.0. The molecule has 0 spiro atoms. The molecule has 192 valence electrons. The summed E-state index contributed by atoms with van der Waals surface area (Å²) in [4.78, 5) is 28.1. The van der Waals surface area contributed by atoms with Crippen LogP contribution in [0.1, 0.15) is 48.5 Å². The van der Waals surface area contributed by atoms with Crippen molar-refractivity contribution in [1.29, 1.82) is 0 Å². The van der Waals surface area contributed by atoms with Gasteiger partial charge in [-0.2, -0.15) is 0 Å². The maximum absolute atomic E-state index is 13.4. The molecule has 1 saturated heterocycles. The number of rotatable bonds is 6. The summed E-state index contributed by atoms with van der Waals surface area (Å²) in [7, 11) is 0. The van der Waals surface area contributed by atoms with Gasteiger partial charge < -0.3 is 15.2 Å². The van der Waals surface area contributed by atoms with Crippen LogP contribution in [0.3, 0.4) is 0 Å². The summed E-state index contributed by atoms with van der Waals surface area (Å²) >= 11 is 0. The van der Waals surface area contributed by atoms with Crippen molar-refractivity contribution in [2.75, 3.05) is 19.6 Å². The number of phenolic OH excluding ortho intramolecular Hbond substituents is 1. The number of piperidine rings is 1. The lowest BCUT2D eigenvalue weighted by molar-refractivity contribution is -0.186. The van der Waals surface area contributed by atoms with E-state index in [0.717, 1.165) is 29.3 Å². The van der Waals surface area contributed by atoms with Gasteiger partial charge >= 0.3 is 5.97 Å². The van der Waals surface area contributed by atoms with E-state index in [1.165, 1.54) is 6.92 Å². The Hall–Kier alpha value is -3.64. The Labute approximate surface area is 217 Å². The zero-order valence-corrected chi connectivity index (χ0v) is 21.3. The number of likely N-dealkylation sites (tertiary alicyclic amines) is 1. The molecule has 0 aromatic heterocycles. The number of nitrogens with zero attached hydrogens (tertiary/aromatic N) is 1. The molecule has 2 aliphatic rings. The van der Waals surface area contributed by atoms with Gasteiger partial charge in [-0.3, -0.25) is 14.5 Å². The lowest BCUT2D eigenvalue weighted by Crippen LogP contribution is -2.68. The Kier molecular flexibility index (Phi) is 6.78. The van der Waals surface area contributed by atoms with Crippen LogP contribution in [0, 0.1) is 0 Å². The molecule has 1 amide bonds. The number of aromatic hydroxyl groups is 1. The van der Waals surface area contributed by atoms with E-state index in [9.17, 15) is 14.7 Å². The van der Waals surface area contributed by atoms with Crippen LogP contribution >= 0.6 is 0 Å². The van der Waals surface area contributed by atoms with Gasteiger partial charge in [-0.15, -0.1) is 6.58 Å². The smallest absolute Gasteiger partial charge is 0.303 e. The molecule has 1 saturated carbocycles. The fourth-order valence-electron chi connectivity index (χ4n) is 6.55. The predicted octanol–water partition coefficient (Wildman–Crippen LogP) is 4.96. The molecule has 0 radical (unpaired) electrons. The van der Waals surface area contributed by atoms with E-state index in [1.54, 1.807) is 12.1 Å². The predicted molar refractivity (Wildman–Crippen MR) is 145 cm³/mol. The molecule has 1 aliphatic carbocycles. The largest absolute Gasteiger partial charge is 0.508 e. The number of carbonyl (C=O) groups excluding carboxylic acids is 2. The average Bonchev–Trinajstić information content (AvgIpc) is 2.88. The SMILES string of the molecule is C=CCN1CCC2(c3cccc(O)c3)CC(NC(=O)c3ccc4ccccc4c3)CCC2(OC(C)=O)C1. The van der Waals surface area contributed by atoms with Crippen LogP contribution in [0.15, 0.2) is 79.4 Å². The highest BCUT2D eigenvalue weighted by Gasteiger charge is 2.60. The minimum absolute atomic E-state index is 0.101. The number of phenols is 1. The van der Waals surface area contributed by atoms with Crippen molar-refractivity contribution in [2.24, 2.45) is 0 Å². The number of ether oxygens (including phenoxy) is 1. The normalized spacial score (nSPS) is 25.7. The van der Waals surface area contributed by atoms with E-state index in [-0.39, 0.29) is 23.7 Å². The van der Waals surface area contributed by atoms with Crippen molar-refractivity contribution in [2.45, 2.75) is 49.7 Å². The molecule has 1 heterocycles.